The van der Waals surface area contributed by atoms with E-state index in [-0.39, 0.29) is 23.8 Å². The highest BCUT2D eigenvalue weighted by molar-refractivity contribution is 7.89. The van der Waals surface area contributed by atoms with E-state index in [0.717, 1.165) is 0 Å². The van der Waals surface area contributed by atoms with Crippen molar-refractivity contribution in [2.24, 2.45) is 0 Å². The highest BCUT2D eigenvalue weighted by Crippen LogP contribution is 2.23. The predicted octanol–water partition coefficient (Wildman–Crippen LogP) is -0.437. The van der Waals surface area contributed by atoms with Crippen LogP contribution in [0.5, 0.6) is 5.75 Å². The number of anilines is 1. The molecule has 8 heteroatoms. The Morgan fingerprint density at radius 1 is 1.42 bits per heavy atom. The largest absolute Gasteiger partial charge is 0.497 e. The fourth-order valence-corrected chi connectivity index (χ4v) is 2.83. The van der Waals surface area contributed by atoms with Gasteiger partial charge in [0.2, 0.25) is 10.0 Å². The standard InChI is InChI=1S/C11H18N2O5S/c1-17-7-8(6-14)13-19(15,16)11-4-3-9(18-2)5-10(11)12/h3-5,8,13-14H,6-7,12H2,1-2H3. The van der Waals surface area contributed by atoms with E-state index in [0.29, 0.717) is 5.75 Å². The van der Waals surface area contributed by atoms with Crippen LogP contribution in [0.4, 0.5) is 5.69 Å². The third kappa shape index (κ3) is 4.06. The van der Waals surface area contributed by atoms with E-state index in [4.69, 9.17) is 20.3 Å². The molecule has 0 aliphatic carbocycles. The molecule has 19 heavy (non-hydrogen) atoms. The third-order valence-electron chi connectivity index (χ3n) is 2.42. The zero-order valence-corrected chi connectivity index (χ0v) is 11.6. The van der Waals surface area contributed by atoms with Gasteiger partial charge < -0.3 is 20.3 Å². The number of nitrogen functional groups attached to an aromatic ring is 1. The minimum atomic E-state index is -3.82. The van der Waals surface area contributed by atoms with E-state index < -0.39 is 16.1 Å². The topological polar surface area (TPSA) is 111 Å². The first-order chi connectivity index (χ1) is 8.94. The van der Waals surface area contributed by atoms with Crippen molar-refractivity contribution >= 4 is 15.7 Å². The van der Waals surface area contributed by atoms with Gasteiger partial charge in [-0.25, -0.2) is 13.1 Å². The number of sulfonamides is 1. The van der Waals surface area contributed by atoms with E-state index in [1.807, 2.05) is 0 Å². The molecule has 1 atom stereocenters. The van der Waals surface area contributed by atoms with E-state index in [2.05, 4.69) is 4.72 Å². The molecule has 1 aromatic rings. The highest BCUT2D eigenvalue weighted by Gasteiger charge is 2.22. The van der Waals surface area contributed by atoms with Crippen LogP contribution >= 0.6 is 0 Å². The molecule has 4 N–H and O–H groups in total. The Kier molecular flexibility index (Phi) is 5.55. The summed E-state index contributed by atoms with van der Waals surface area (Å²) in [7, 11) is -0.945. The number of nitrogens with two attached hydrogens (primary N) is 1. The smallest absolute Gasteiger partial charge is 0.243 e. The summed E-state index contributed by atoms with van der Waals surface area (Å²) in [6, 6.07) is 3.53. The van der Waals surface area contributed by atoms with Crippen molar-refractivity contribution in [2.45, 2.75) is 10.9 Å². The Bertz CT molecular complexity index is 518. The summed E-state index contributed by atoms with van der Waals surface area (Å²) < 4.78 is 36.3. The molecule has 0 spiro atoms. The second-order valence-electron chi connectivity index (χ2n) is 3.86. The fraction of sp³-hybridized carbons (Fsp3) is 0.455. The minimum absolute atomic E-state index is 0.0613. The molecule has 0 fully saturated rings. The molecule has 0 amide bonds. The van der Waals surface area contributed by atoms with Crippen LogP contribution in [0.3, 0.4) is 0 Å². The van der Waals surface area contributed by atoms with Gasteiger partial charge in [-0.1, -0.05) is 0 Å². The average molecular weight is 290 g/mol. The lowest BCUT2D eigenvalue weighted by Gasteiger charge is -2.16. The van der Waals surface area contributed by atoms with E-state index in [1.54, 1.807) is 0 Å². The molecular weight excluding hydrogens is 272 g/mol. The zero-order chi connectivity index (χ0) is 14.5. The second-order valence-corrected chi connectivity index (χ2v) is 5.54. The van der Waals surface area contributed by atoms with Crippen LogP contribution in [-0.2, 0) is 14.8 Å². The Morgan fingerprint density at radius 2 is 2.11 bits per heavy atom. The van der Waals surface area contributed by atoms with Crippen molar-refractivity contribution < 1.29 is 23.0 Å². The molecule has 1 unspecified atom stereocenters. The van der Waals surface area contributed by atoms with Crippen molar-refractivity contribution in [1.82, 2.24) is 4.72 Å². The second kappa shape index (κ2) is 6.71. The van der Waals surface area contributed by atoms with Crippen LogP contribution in [0.2, 0.25) is 0 Å². The van der Waals surface area contributed by atoms with Crippen LogP contribution in [-0.4, -0.2) is 47.0 Å². The van der Waals surface area contributed by atoms with Gasteiger partial charge in [-0.05, 0) is 12.1 Å². The molecule has 0 aromatic heterocycles. The van der Waals surface area contributed by atoms with Gasteiger partial charge in [-0.3, -0.25) is 0 Å². The SMILES string of the molecule is COCC(CO)NS(=O)(=O)c1ccc(OC)cc1N. The maximum absolute atomic E-state index is 12.1. The summed E-state index contributed by atoms with van der Waals surface area (Å²) in [6.07, 6.45) is 0. The molecule has 1 aromatic carbocycles. The summed E-state index contributed by atoms with van der Waals surface area (Å²) in [4.78, 5) is -0.0668. The Labute approximate surface area is 112 Å². The van der Waals surface area contributed by atoms with Crippen LogP contribution in [0.25, 0.3) is 0 Å². The maximum atomic E-state index is 12.1. The van der Waals surface area contributed by atoms with Gasteiger partial charge in [-0.2, -0.15) is 0 Å². The number of aliphatic hydroxyl groups excluding tert-OH is 1. The Balaban J connectivity index is 3.00. The molecule has 108 valence electrons. The summed E-state index contributed by atoms with van der Waals surface area (Å²) in [6.45, 7) is -0.311. The Morgan fingerprint density at radius 3 is 2.58 bits per heavy atom. The molecular formula is C11H18N2O5S. The molecule has 0 heterocycles. The van der Waals surface area contributed by atoms with Crippen LogP contribution in [0, 0.1) is 0 Å². The number of ether oxygens (including phenoxy) is 2. The quantitative estimate of drug-likeness (QED) is 0.587. The highest BCUT2D eigenvalue weighted by atomic mass is 32.2. The van der Waals surface area contributed by atoms with Crippen molar-refractivity contribution in [3.63, 3.8) is 0 Å². The lowest BCUT2D eigenvalue weighted by molar-refractivity contribution is 0.139. The van der Waals surface area contributed by atoms with Crippen LogP contribution < -0.4 is 15.2 Å². The summed E-state index contributed by atoms with van der Waals surface area (Å²) in [5, 5.41) is 9.06. The normalized spacial score (nSPS) is 13.2. The van der Waals surface area contributed by atoms with Gasteiger partial charge in [0.25, 0.3) is 0 Å². The first kappa shape index (κ1) is 15.7. The maximum Gasteiger partial charge on any atom is 0.243 e. The first-order valence-corrected chi connectivity index (χ1v) is 6.98. The minimum Gasteiger partial charge on any atom is -0.497 e. The lowest BCUT2D eigenvalue weighted by Crippen LogP contribution is -2.40. The fourth-order valence-electron chi connectivity index (χ4n) is 1.51. The molecule has 7 nitrogen and oxygen atoms in total. The number of aliphatic hydroxyl groups is 1. The van der Waals surface area contributed by atoms with Gasteiger partial charge in [-0.15, -0.1) is 0 Å². The summed E-state index contributed by atoms with van der Waals surface area (Å²) in [5.41, 5.74) is 5.75. The number of nitrogens with one attached hydrogen (secondary N) is 1. The molecule has 0 saturated heterocycles. The molecule has 0 aliphatic rings. The van der Waals surface area contributed by atoms with E-state index in [1.165, 1.54) is 32.4 Å². The van der Waals surface area contributed by atoms with Gasteiger partial charge in [0.05, 0.1) is 32.1 Å². The van der Waals surface area contributed by atoms with Gasteiger partial charge in [0, 0.05) is 13.2 Å². The van der Waals surface area contributed by atoms with Crippen molar-refractivity contribution in [3.05, 3.63) is 18.2 Å². The average Bonchev–Trinajstić information content (AvgIpc) is 2.37. The summed E-state index contributed by atoms with van der Waals surface area (Å²) in [5.74, 6) is 0.465. The van der Waals surface area contributed by atoms with Gasteiger partial charge in [0.1, 0.15) is 10.6 Å². The number of rotatable bonds is 7. The first-order valence-electron chi connectivity index (χ1n) is 5.50. The lowest BCUT2D eigenvalue weighted by atomic mass is 10.3. The number of hydrogen-bond acceptors (Lipinski definition) is 6. The molecule has 1 rings (SSSR count). The van der Waals surface area contributed by atoms with Crippen molar-refractivity contribution in [2.75, 3.05) is 33.2 Å². The third-order valence-corrected chi connectivity index (χ3v) is 4.01. The summed E-state index contributed by atoms with van der Waals surface area (Å²) >= 11 is 0. The van der Waals surface area contributed by atoms with E-state index >= 15 is 0 Å². The number of methoxy groups -OCH3 is 2. The monoisotopic (exact) mass is 290 g/mol. The van der Waals surface area contributed by atoms with Crippen LogP contribution in [0.15, 0.2) is 23.1 Å². The predicted molar refractivity (Wildman–Crippen MR) is 70.5 cm³/mol. The molecule has 0 bridgehead atoms. The van der Waals surface area contributed by atoms with Gasteiger partial charge in [0.15, 0.2) is 0 Å². The van der Waals surface area contributed by atoms with E-state index in [9.17, 15) is 8.42 Å². The Hall–Kier alpha value is -1.35. The number of benzene rings is 1. The zero-order valence-electron chi connectivity index (χ0n) is 10.8. The van der Waals surface area contributed by atoms with Gasteiger partial charge >= 0.3 is 0 Å². The van der Waals surface area contributed by atoms with Crippen LogP contribution in [0.1, 0.15) is 0 Å². The molecule has 0 radical (unpaired) electrons. The van der Waals surface area contributed by atoms with Crippen molar-refractivity contribution in [1.29, 1.82) is 0 Å². The molecule has 0 aliphatic heterocycles. The number of hydrogen-bond donors (Lipinski definition) is 3. The van der Waals surface area contributed by atoms with Crippen molar-refractivity contribution in [3.8, 4) is 5.75 Å². The molecule has 0 saturated carbocycles.